The number of benzene rings is 2. The van der Waals surface area contributed by atoms with E-state index in [1.54, 1.807) is 12.1 Å². The summed E-state index contributed by atoms with van der Waals surface area (Å²) in [7, 11) is 1.94. The monoisotopic (exact) mass is 256 g/mol. The molecule has 0 unspecified atom stereocenters. The van der Waals surface area contributed by atoms with E-state index in [-0.39, 0.29) is 10.6 Å². The summed E-state index contributed by atoms with van der Waals surface area (Å²) < 4.78 is 0. The van der Waals surface area contributed by atoms with Gasteiger partial charge in [0.25, 0.3) is 5.69 Å². The van der Waals surface area contributed by atoms with Crippen LogP contribution in [0, 0.1) is 17.0 Å². The number of nitro groups is 1. The van der Waals surface area contributed by atoms with Gasteiger partial charge in [-0.3, -0.25) is 10.1 Å². The molecule has 2 aromatic carbocycles. The van der Waals surface area contributed by atoms with Gasteiger partial charge in [0.1, 0.15) is 0 Å². The van der Waals surface area contributed by atoms with Gasteiger partial charge in [-0.2, -0.15) is 0 Å². The molecule has 0 aliphatic carbocycles. The number of hydrogen-bond donors (Lipinski definition) is 0. The van der Waals surface area contributed by atoms with Crippen molar-refractivity contribution in [1.82, 2.24) is 0 Å². The molecular formula is C15H16N2O2. The Hall–Kier alpha value is -2.36. The Bertz CT molecular complexity index is 582. The Labute approximate surface area is 112 Å². The fourth-order valence-corrected chi connectivity index (χ4v) is 2.07. The minimum absolute atomic E-state index is 0.125. The van der Waals surface area contributed by atoms with Crippen LogP contribution in [0.1, 0.15) is 11.1 Å². The maximum atomic E-state index is 10.8. The van der Waals surface area contributed by atoms with Crippen LogP contribution in [0.5, 0.6) is 0 Å². The molecule has 19 heavy (non-hydrogen) atoms. The van der Waals surface area contributed by atoms with Crippen molar-refractivity contribution >= 4 is 11.4 Å². The topological polar surface area (TPSA) is 46.4 Å². The third kappa shape index (κ3) is 3.10. The Balaban J connectivity index is 2.25. The Morgan fingerprint density at radius 1 is 1.16 bits per heavy atom. The highest BCUT2D eigenvalue weighted by Crippen LogP contribution is 2.25. The molecule has 4 heteroatoms. The highest BCUT2D eigenvalue weighted by molar-refractivity contribution is 5.58. The molecule has 0 saturated heterocycles. The Morgan fingerprint density at radius 3 is 2.47 bits per heavy atom. The predicted molar refractivity (Wildman–Crippen MR) is 76.4 cm³/mol. The molecule has 0 aliphatic rings. The second-order valence-corrected chi connectivity index (χ2v) is 4.57. The highest BCUT2D eigenvalue weighted by atomic mass is 16.6. The molecule has 98 valence electrons. The molecule has 0 fully saturated rings. The van der Waals surface area contributed by atoms with Crippen LogP contribution in [-0.2, 0) is 6.54 Å². The lowest BCUT2D eigenvalue weighted by molar-refractivity contribution is -0.384. The Kier molecular flexibility index (Phi) is 3.80. The number of rotatable bonds is 4. The summed E-state index contributed by atoms with van der Waals surface area (Å²) in [5, 5.41) is 10.8. The Morgan fingerprint density at radius 2 is 1.84 bits per heavy atom. The molecule has 2 rings (SSSR count). The van der Waals surface area contributed by atoms with Crippen LogP contribution in [-0.4, -0.2) is 12.0 Å². The van der Waals surface area contributed by atoms with Gasteiger partial charge < -0.3 is 4.90 Å². The SMILES string of the molecule is Cc1ccc([N+](=O)[O-])cc1N(C)Cc1ccccc1. The van der Waals surface area contributed by atoms with Crippen molar-refractivity contribution in [2.75, 3.05) is 11.9 Å². The lowest BCUT2D eigenvalue weighted by Crippen LogP contribution is -2.17. The van der Waals surface area contributed by atoms with Crippen LogP contribution in [0.25, 0.3) is 0 Å². The molecule has 0 aliphatic heterocycles. The van der Waals surface area contributed by atoms with Gasteiger partial charge in [-0.1, -0.05) is 36.4 Å². The van der Waals surface area contributed by atoms with E-state index >= 15 is 0 Å². The average Bonchev–Trinajstić information content (AvgIpc) is 2.40. The minimum Gasteiger partial charge on any atom is -0.370 e. The van der Waals surface area contributed by atoms with Crippen LogP contribution in [0.2, 0.25) is 0 Å². The summed E-state index contributed by atoms with van der Waals surface area (Å²) >= 11 is 0. The first kappa shape index (κ1) is 13.1. The number of hydrogen-bond acceptors (Lipinski definition) is 3. The summed E-state index contributed by atoms with van der Waals surface area (Å²) in [5.41, 5.74) is 3.22. The first-order chi connectivity index (χ1) is 9.08. The zero-order valence-electron chi connectivity index (χ0n) is 11.0. The third-order valence-electron chi connectivity index (χ3n) is 3.08. The first-order valence-electron chi connectivity index (χ1n) is 6.08. The first-order valence-corrected chi connectivity index (χ1v) is 6.08. The highest BCUT2D eigenvalue weighted by Gasteiger charge is 2.11. The molecule has 0 saturated carbocycles. The summed E-state index contributed by atoms with van der Waals surface area (Å²) in [4.78, 5) is 12.5. The van der Waals surface area contributed by atoms with E-state index in [2.05, 4.69) is 0 Å². The van der Waals surface area contributed by atoms with Crippen molar-refractivity contribution < 1.29 is 4.92 Å². The van der Waals surface area contributed by atoms with Gasteiger partial charge in [0, 0.05) is 31.4 Å². The van der Waals surface area contributed by atoms with E-state index in [4.69, 9.17) is 0 Å². The minimum atomic E-state index is -0.362. The smallest absolute Gasteiger partial charge is 0.271 e. The second kappa shape index (κ2) is 5.52. The van der Waals surface area contributed by atoms with Crippen molar-refractivity contribution in [3.05, 3.63) is 69.8 Å². The maximum absolute atomic E-state index is 10.8. The number of nitro benzene ring substituents is 1. The quantitative estimate of drug-likeness (QED) is 0.621. The van der Waals surface area contributed by atoms with Gasteiger partial charge in [0.05, 0.1) is 4.92 Å². The molecule has 0 amide bonds. The van der Waals surface area contributed by atoms with E-state index in [0.717, 1.165) is 17.8 Å². The van der Waals surface area contributed by atoms with E-state index in [1.165, 1.54) is 11.6 Å². The second-order valence-electron chi connectivity index (χ2n) is 4.57. The van der Waals surface area contributed by atoms with E-state index in [1.807, 2.05) is 49.2 Å². The zero-order valence-corrected chi connectivity index (χ0v) is 11.0. The van der Waals surface area contributed by atoms with Crippen molar-refractivity contribution in [2.45, 2.75) is 13.5 Å². The van der Waals surface area contributed by atoms with Gasteiger partial charge in [-0.25, -0.2) is 0 Å². The fraction of sp³-hybridized carbons (Fsp3) is 0.200. The lowest BCUT2D eigenvalue weighted by atomic mass is 10.1. The van der Waals surface area contributed by atoms with Gasteiger partial charge >= 0.3 is 0 Å². The molecule has 0 spiro atoms. The van der Waals surface area contributed by atoms with E-state index in [0.29, 0.717) is 0 Å². The average molecular weight is 256 g/mol. The summed E-state index contributed by atoms with van der Waals surface area (Å²) in [6.45, 7) is 2.68. The standard InChI is InChI=1S/C15H16N2O2/c1-12-8-9-14(17(18)19)10-15(12)16(2)11-13-6-4-3-5-7-13/h3-10H,11H2,1-2H3. The summed E-state index contributed by atoms with van der Waals surface area (Å²) in [6.07, 6.45) is 0. The number of non-ortho nitro benzene ring substituents is 1. The lowest BCUT2D eigenvalue weighted by Gasteiger charge is -2.21. The fourth-order valence-electron chi connectivity index (χ4n) is 2.07. The molecule has 0 heterocycles. The van der Waals surface area contributed by atoms with Crippen LogP contribution >= 0.6 is 0 Å². The number of nitrogens with zero attached hydrogens (tertiary/aromatic N) is 2. The van der Waals surface area contributed by atoms with Crippen molar-refractivity contribution in [1.29, 1.82) is 0 Å². The van der Waals surface area contributed by atoms with Crippen LogP contribution in [0.3, 0.4) is 0 Å². The normalized spacial score (nSPS) is 10.2. The molecule has 0 atom stereocenters. The zero-order chi connectivity index (χ0) is 13.8. The van der Waals surface area contributed by atoms with Crippen molar-refractivity contribution in [3.63, 3.8) is 0 Å². The molecule has 0 aromatic heterocycles. The predicted octanol–water partition coefficient (Wildman–Crippen LogP) is 3.54. The summed E-state index contributed by atoms with van der Waals surface area (Å²) in [6, 6.07) is 15.0. The van der Waals surface area contributed by atoms with Gasteiger partial charge in [-0.05, 0) is 18.1 Å². The third-order valence-corrected chi connectivity index (χ3v) is 3.08. The van der Waals surface area contributed by atoms with Crippen molar-refractivity contribution in [2.24, 2.45) is 0 Å². The van der Waals surface area contributed by atoms with E-state index < -0.39 is 0 Å². The van der Waals surface area contributed by atoms with Crippen molar-refractivity contribution in [3.8, 4) is 0 Å². The van der Waals surface area contributed by atoms with Gasteiger partial charge in [0.2, 0.25) is 0 Å². The molecule has 0 bridgehead atoms. The molecule has 0 radical (unpaired) electrons. The number of anilines is 1. The molecular weight excluding hydrogens is 240 g/mol. The molecule has 4 nitrogen and oxygen atoms in total. The number of aryl methyl sites for hydroxylation is 1. The largest absolute Gasteiger partial charge is 0.370 e. The van der Waals surface area contributed by atoms with Gasteiger partial charge in [0.15, 0.2) is 0 Å². The molecule has 0 N–H and O–H groups in total. The van der Waals surface area contributed by atoms with Crippen LogP contribution in [0.15, 0.2) is 48.5 Å². The maximum Gasteiger partial charge on any atom is 0.271 e. The van der Waals surface area contributed by atoms with E-state index in [9.17, 15) is 10.1 Å². The van der Waals surface area contributed by atoms with Crippen LogP contribution < -0.4 is 4.90 Å². The molecule has 2 aromatic rings. The summed E-state index contributed by atoms with van der Waals surface area (Å²) in [5.74, 6) is 0. The van der Waals surface area contributed by atoms with Gasteiger partial charge in [-0.15, -0.1) is 0 Å². The van der Waals surface area contributed by atoms with Crippen LogP contribution in [0.4, 0.5) is 11.4 Å².